The molecule has 6 nitrogen and oxygen atoms in total. The topological polar surface area (TPSA) is 62.1 Å². The molecule has 132 valence electrons. The maximum absolute atomic E-state index is 5.68. The van der Waals surface area contributed by atoms with E-state index in [0.717, 1.165) is 39.5 Å². The van der Waals surface area contributed by atoms with Gasteiger partial charge in [0.2, 0.25) is 0 Å². The summed E-state index contributed by atoms with van der Waals surface area (Å²) in [7, 11) is 0. The fourth-order valence-corrected chi connectivity index (χ4v) is 5.31. The number of benzene rings is 1. The average molecular weight is 384 g/mol. The first-order valence-corrected chi connectivity index (χ1v) is 10.4. The van der Waals surface area contributed by atoms with Crippen LogP contribution in [0.1, 0.15) is 6.04 Å². The summed E-state index contributed by atoms with van der Waals surface area (Å²) < 4.78 is 13.5. The number of aromatic nitrogens is 4. The Morgan fingerprint density at radius 1 is 1.08 bits per heavy atom. The summed E-state index contributed by atoms with van der Waals surface area (Å²) in [6.45, 7) is 1.23. The summed E-state index contributed by atoms with van der Waals surface area (Å²) in [5, 5.41) is 9.73. The predicted octanol–water partition coefficient (Wildman–Crippen LogP) is 3.55. The maximum atomic E-state index is 5.68. The summed E-state index contributed by atoms with van der Waals surface area (Å²) in [5.41, 5.74) is 1.05. The van der Waals surface area contributed by atoms with E-state index in [1.165, 1.54) is 4.90 Å². The second-order valence-corrected chi connectivity index (χ2v) is 8.07. The molecule has 0 radical (unpaired) electrons. The van der Waals surface area contributed by atoms with Crippen LogP contribution in [0.25, 0.3) is 11.4 Å². The van der Waals surface area contributed by atoms with E-state index in [1.54, 1.807) is 24.2 Å². The highest BCUT2D eigenvalue weighted by Gasteiger charge is 2.28. The number of hydrogen-bond acceptors (Lipinski definition) is 7. The van der Waals surface area contributed by atoms with Crippen molar-refractivity contribution in [1.82, 2.24) is 19.7 Å². The van der Waals surface area contributed by atoms with E-state index in [1.807, 2.05) is 30.0 Å². The molecule has 1 aromatic carbocycles. The van der Waals surface area contributed by atoms with Gasteiger partial charge in [0.05, 0.1) is 6.04 Å². The van der Waals surface area contributed by atoms with Gasteiger partial charge in [0, 0.05) is 34.4 Å². The fourth-order valence-electron chi connectivity index (χ4n) is 3.08. The third-order valence-electron chi connectivity index (χ3n) is 4.33. The normalized spacial score (nSPS) is 17.9. The van der Waals surface area contributed by atoms with Gasteiger partial charge < -0.3 is 9.47 Å². The molecule has 0 N–H and O–H groups in total. The molecule has 0 aliphatic carbocycles. The fraction of sp³-hybridized carbons (Fsp3) is 0.278. The number of pyridine rings is 1. The van der Waals surface area contributed by atoms with Gasteiger partial charge in [-0.3, -0.25) is 9.55 Å². The zero-order chi connectivity index (χ0) is 17.3. The van der Waals surface area contributed by atoms with Gasteiger partial charge in [-0.2, -0.15) is 0 Å². The number of hydrogen-bond donors (Lipinski definition) is 0. The Hall–Kier alpha value is -2.19. The van der Waals surface area contributed by atoms with Crippen molar-refractivity contribution in [3.8, 4) is 22.9 Å². The van der Waals surface area contributed by atoms with Crippen LogP contribution in [-0.4, -0.2) is 44.5 Å². The van der Waals surface area contributed by atoms with Crippen LogP contribution in [0.3, 0.4) is 0 Å². The van der Waals surface area contributed by atoms with Crippen LogP contribution in [0.5, 0.6) is 11.5 Å². The third-order valence-corrected chi connectivity index (χ3v) is 6.56. The minimum atomic E-state index is 0.353. The van der Waals surface area contributed by atoms with Crippen LogP contribution in [0, 0.1) is 0 Å². The van der Waals surface area contributed by atoms with Crippen LogP contribution >= 0.6 is 23.5 Å². The van der Waals surface area contributed by atoms with Gasteiger partial charge in [0.1, 0.15) is 13.2 Å². The molecule has 2 aliphatic heterocycles. The highest BCUT2D eigenvalue weighted by atomic mass is 32.2. The Balaban J connectivity index is 1.35. The standard InChI is InChI=1S/C18H16N4O2S2/c1-2-15-16(24-8-7-23-15)9-14(1)25-10-13-11-26-18-21-20-17(22(13)18)12-3-5-19-6-4-12/h1-6,9,13H,7-8,10-11H2. The summed E-state index contributed by atoms with van der Waals surface area (Å²) in [6.07, 6.45) is 3.58. The lowest BCUT2D eigenvalue weighted by molar-refractivity contribution is 0.171. The van der Waals surface area contributed by atoms with E-state index in [4.69, 9.17) is 9.47 Å². The molecule has 4 heterocycles. The average Bonchev–Trinajstić information content (AvgIpc) is 3.29. The molecule has 2 aliphatic rings. The molecule has 0 bridgehead atoms. The quantitative estimate of drug-likeness (QED) is 0.638. The lowest BCUT2D eigenvalue weighted by Gasteiger charge is -2.19. The van der Waals surface area contributed by atoms with Gasteiger partial charge in [-0.15, -0.1) is 22.0 Å². The zero-order valence-electron chi connectivity index (χ0n) is 13.9. The second-order valence-electron chi connectivity index (χ2n) is 5.99. The highest BCUT2D eigenvalue weighted by Crippen LogP contribution is 2.40. The number of nitrogens with zero attached hydrogens (tertiary/aromatic N) is 4. The van der Waals surface area contributed by atoms with Crippen molar-refractivity contribution in [3.05, 3.63) is 42.7 Å². The number of thioether (sulfide) groups is 2. The molecule has 2 aromatic heterocycles. The monoisotopic (exact) mass is 384 g/mol. The van der Waals surface area contributed by atoms with Crippen molar-refractivity contribution in [2.45, 2.75) is 16.1 Å². The van der Waals surface area contributed by atoms with Crippen molar-refractivity contribution in [2.75, 3.05) is 24.7 Å². The van der Waals surface area contributed by atoms with Crippen LogP contribution < -0.4 is 9.47 Å². The van der Waals surface area contributed by atoms with Crippen LogP contribution in [0.15, 0.2) is 52.8 Å². The molecule has 0 amide bonds. The molecule has 8 heteroatoms. The van der Waals surface area contributed by atoms with Gasteiger partial charge in [0.15, 0.2) is 22.5 Å². The minimum absolute atomic E-state index is 0.353. The Morgan fingerprint density at radius 2 is 1.92 bits per heavy atom. The minimum Gasteiger partial charge on any atom is -0.486 e. The predicted molar refractivity (Wildman–Crippen MR) is 101 cm³/mol. The smallest absolute Gasteiger partial charge is 0.191 e. The largest absolute Gasteiger partial charge is 0.486 e. The van der Waals surface area contributed by atoms with E-state index in [-0.39, 0.29) is 0 Å². The van der Waals surface area contributed by atoms with Crippen molar-refractivity contribution < 1.29 is 9.47 Å². The summed E-state index contributed by atoms with van der Waals surface area (Å²) in [5.74, 6) is 4.55. The molecule has 1 atom stereocenters. The lowest BCUT2D eigenvalue weighted by Crippen LogP contribution is -2.15. The summed E-state index contributed by atoms with van der Waals surface area (Å²) >= 11 is 3.59. The third kappa shape index (κ3) is 2.93. The first kappa shape index (κ1) is 16.0. The van der Waals surface area contributed by atoms with E-state index < -0.39 is 0 Å². The molecule has 26 heavy (non-hydrogen) atoms. The second kappa shape index (κ2) is 6.85. The summed E-state index contributed by atoms with van der Waals surface area (Å²) in [4.78, 5) is 5.28. The first-order chi connectivity index (χ1) is 12.9. The lowest BCUT2D eigenvalue weighted by atomic mass is 10.2. The van der Waals surface area contributed by atoms with Crippen molar-refractivity contribution in [1.29, 1.82) is 0 Å². The van der Waals surface area contributed by atoms with Gasteiger partial charge in [-0.1, -0.05) is 11.8 Å². The van der Waals surface area contributed by atoms with Crippen molar-refractivity contribution in [3.63, 3.8) is 0 Å². The SMILES string of the molecule is c1cc(-c2nnc3n2C(CSc2ccc4c(c2)OCCO4)CS3)ccn1. The summed E-state index contributed by atoms with van der Waals surface area (Å²) in [6, 6.07) is 10.5. The van der Waals surface area contributed by atoms with Crippen molar-refractivity contribution >= 4 is 23.5 Å². The Labute approximate surface area is 159 Å². The highest BCUT2D eigenvalue weighted by molar-refractivity contribution is 8.00. The van der Waals surface area contributed by atoms with Gasteiger partial charge in [-0.25, -0.2) is 0 Å². The first-order valence-electron chi connectivity index (χ1n) is 8.39. The molecule has 0 spiro atoms. The molecule has 1 unspecified atom stereocenters. The molecule has 0 saturated carbocycles. The number of fused-ring (bicyclic) bond motifs is 2. The van der Waals surface area contributed by atoms with Gasteiger partial charge in [-0.05, 0) is 30.3 Å². The Bertz CT molecular complexity index is 932. The number of rotatable bonds is 4. The van der Waals surface area contributed by atoms with Crippen LogP contribution in [0.4, 0.5) is 0 Å². The van der Waals surface area contributed by atoms with Crippen LogP contribution in [0.2, 0.25) is 0 Å². The zero-order valence-corrected chi connectivity index (χ0v) is 15.5. The molecule has 0 fully saturated rings. The van der Waals surface area contributed by atoms with Crippen LogP contribution in [-0.2, 0) is 0 Å². The van der Waals surface area contributed by atoms with Gasteiger partial charge in [0.25, 0.3) is 0 Å². The van der Waals surface area contributed by atoms with E-state index in [0.29, 0.717) is 19.3 Å². The molecule has 0 saturated heterocycles. The maximum Gasteiger partial charge on any atom is 0.191 e. The molecular weight excluding hydrogens is 368 g/mol. The van der Waals surface area contributed by atoms with E-state index in [9.17, 15) is 0 Å². The molecule has 3 aromatic rings. The van der Waals surface area contributed by atoms with E-state index >= 15 is 0 Å². The number of ether oxygens (including phenoxy) is 2. The van der Waals surface area contributed by atoms with Crippen molar-refractivity contribution in [2.24, 2.45) is 0 Å². The Morgan fingerprint density at radius 3 is 2.81 bits per heavy atom. The Kier molecular flexibility index (Phi) is 4.22. The van der Waals surface area contributed by atoms with E-state index in [2.05, 4.69) is 31.9 Å². The molecule has 5 rings (SSSR count). The van der Waals surface area contributed by atoms with Gasteiger partial charge >= 0.3 is 0 Å². The molecular formula is C18H16N4O2S2.